The topological polar surface area (TPSA) is 49.6 Å². The minimum Gasteiger partial charge on any atom is -0.339 e. The molecule has 0 aromatic heterocycles. The molecule has 1 amide bonds. The van der Waals surface area contributed by atoms with Crippen molar-refractivity contribution in [3.05, 3.63) is 0 Å². The molecule has 1 aliphatic rings. The molecule has 2 N–H and O–H groups in total. The molecule has 0 bridgehead atoms. The molecule has 0 saturated carbocycles. The van der Waals surface area contributed by atoms with Crippen LogP contribution in [0.3, 0.4) is 0 Å². The van der Waals surface area contributed by atoms with E-state index >= 15 is 0 Å². The maximum absolute atomic E-state index is 12.4. The zero-order valence-corrected chi connectivity index (χ0v) is 13.2. The molecule has 0 aromatic rings. The maximum Gasteiger partial charge on any atom is 0.225 e. The van der Waals surface area contributed by atoms with E-state index in [1.54, 1.807) is 0 Å². The second kappa shape index (κ2) is 7.25. The first-order valence-electron chi connectivity index (χ1n) is 7.59. The molecule has 1 heterocycles. The summed E-state index contributed by atoms with van der Waals surface area (Å²) in [7, 11) is 2.14. The number of nitrogens with zero attached hydrogens (tertiary/aromatic N) is 2. The minimum atomic E-state index is 0.126. The summed E-state index contributed by atoms with van der Waals surface area (Å²) in [5, 5.41) is 0. The summed E-state index contributed by atoms with van der Waals surface area (Å²) in [6.45, 7) is 10.2. The number of nitrogens with two attached hydrogens (primary N) is 1. The van der Waals surface area contributed by atoms with Crippen LogP contribution in [0.1, 0.15) is 47.0 Å². The third kappa shape index (κ3) is 4.77. The van der Waals surface area contributed by atoms with Crippen LogP contribution in [-0.4, -0.2) is 54.0 Å². The second-order valence-corrected chi connectivity index (χ2v) is 6.42. The van der Waals surface area contributed by atoms with Crippen LogP contribution in [0.25, 0.3) is 0 Å². The van der Waals surface area contributed by atoms with E-state index in [-0.39, 0.29) is 12.0 Å². The van der Waals surface area contributed by atoms with E-state index in [0.29, 0.717) is 18.0 Å². The zero-order chi connectivity index (χ0) is 14.6. The summed E-state index contributed by atoms with van der Waals surface area (Å²) < 4.78 is 0. The van der Waals surface area contributed by atoms with Crippen LogP contribution in [0.15, 0.2) is 0 Å². The van der Waals surface area contributed by atoms with Crippen LogP contribution < -0.4 is 5.73 Å². The molecular formula is C15H31N3O. The Labute approximate surface area is 118 Å². The molecule has 4 atom stereocenters. The number of piperazine rings is 1. The van der Waals surface area contributed by atoms with Crippen LogP contribution in [0.5, 0.6) is 0 Å². The number of carbonyl (C=O) groups is 1. The van der Waals surface area contributed by atoms with Crippen LogP contribution in [0.4, 0.5) is 0 Å². The first-order chi connectivity index (χ1) is 8.82. The fraction of sp³-hybridized carbons (Fsp3) is 0.933. The Morgan fingerprint density at radius 1 is 1.21 bits per heavy atom. The lowest BCUT2D eigenvalue weighted by atomic mass is 9.99. The van der Waals surface area contributed by atoms with Gasteiger partial charge in [0, 0.05) is 37.1 Å². The fourth-order valence-corrected chi connectivity index (χ4v) is 2.77. The molecule has 0 spiro atoms. The number of rotatable bonds is 5. The van der Waals surface area contributed by atoms with Gasteiger partial charge in [-0.2, -0.15) is 0 Å². The van der Waals surface area contributed by atoms with E-state index in [1.807, 2.05) is 11.8 Å². The van der Waals surface area contributed by atoms with Gasteiger partial charge in [-0.3, -0.25) is 9.69 Å². The second-order valence-electron chi connectivity index (χ2n) is 6.42. The highest BCUT2D eigenvalue weighted by Gasteiger charge is 2.30. The number of carbonyl (C=O) groups excluding carboxylic acids is 1. The first kappa shape index (κ1) is 16.4. The van der Waals surface area contributed by atoms with Gasteiger partial charge < -0.3 is 10.6 Å². The van der Waals surface area contributed by atoms with Crippen molar-refractivity contribution < 1.29 is 4.79 Å². The molecule has 1 rings (SSSR count). The van der Waals surface area contributed by atoms with Crippen LogP contribution in [-0.2, 0) is 4.79 Å². The van der Waals surface area contributed by atoms with Gasteiger partial charge in [-0.1, -0.05) is 13.3 Å². The van der Waals surface area contributed by atoms with Gasteiger partial charge >= 0.3 is 0 Å². The minimum absolute atomic E-state index is 0.126. The third-order valence-electron chi connectivity index (χ3n) is 4.39. The highest BCUT2D eigenvalue weighted by atomic mass is 16.2. The molecular weight excluding hydrogens is 238 g/mol. The monoisotopic (exact) mass is 269 g/mol. The highest BCUT2D eigenvalue weighted by molar-refractivity contribution is 5.78. The van der Waals surface area contributed by atoms with Gasteiger partial charge in [0.1, 0.15) is 0 Å². The van der Waals surface area contributed by atoms with Crippen molar-refractivity contribution in [1.82, 2.24) is 9.80 Å². The van der Waals surface area contributed by atoms with E-state index in [4.69, 9.17) is 5.73 Å². The number of hydrogen-bond donors (Lipinski definition) is 1. The predicted molar refractivity (Wildman–Crippen MR) is 79.9 cm³/mol. The Balaban J connectivity index is 2.44. The van der Waals surface area contributed by atoms with E-state index in [9.17, 15) is 4.79 Å². The van der Waals surface area contributed by atoms with Crippen LogP contribution in [0, 0.1) is 5.92 Å². The average molecular weight is 269 g/mol. The molecule has 112 valence electrons. The lowest BCUT2D eigenvalue weighted by Crippen LogP contribution is -2.57. The van der Waals surface area contributed by atoms with Crippen molar-refractivity contribution in [2.75, 3.05) is 20.1 Å². The van der Waals surface area contributed by atoms with Crippen molar-refractivity contribution >= 4 is 5.91 Å². The summed E-state index contributed by atoms with van der Waals surface area (Å²) in [5.74, 6) is 0.443. The summed E-state index contributed by atoms with van der Waals surface area (Å²) in [5.41, 5.74) is 5.75. The molecule has 1 saturated heterocycles. The van der Waals surface area contributed by atoms with E-state index in [2.05, 4.69) is 32.7 Å². The molecule has 4 nitrogen and oxygen atoms in total. The Morgan fingerprint density at radius 3 is 2.21 bits per heavy atom. The molecule has 19 heavy (non-hydrogen) atoms. The molecule has 4 unspecified atom stereocenters. The fourth-order valence-electron chi connectivity index (χ4n) is 2.77. The normalized spacial score (nSPS) is 28.2. The smallest absolute Gasteiger partial charge is 0.225 e. The highest BCUT2D eigenvalue weighted by Crippen LogP contribution is 2.18. The van der Waals surface area contributed by atoms with Gasteiger partial charge in [0.15, 0.2) is 0 Å². The standard InChI is InChI=1S/C15H31N3O/c1-11(7-6-8-12(2)16)15(19)18-9-13(3)17(5)14(4)10-18/h11-14H,6-10,16H2,1-5H3. The average Bonchev–Trinajstić information content (AvgIpc) is 2.33. The summed E-state index contributed by atoms with van der Waals surface area (Å²) >= 11 is 0. The van der Waals surface area contributed by atoms with Crippen LogP contribution >= 0.6 is 0 Å². The molecule has 1 aliphatic heterocycles. The molecule has 0 aliphatic carbocycles. The van der Waals surface area contributed by atoms with Gasteiger partial charge in [-0.15, -0.1) is 0 Å². The van der Waals surface area contributed by atoms with Gasteiger partial charge in [0.25, 0.3) is 0 Å². The van der Waals surface area contributed by atoms with Crippen LogP contribution in [0.2, 0.25) is 0 Å². The zero-order valence-electron chi connectivity index (χ0n) is 13.2. The Bertz CT molecular complexity index is 281. The van der Waals surface area contributed by atoms with Gasteiger partial charge in [-0.25, -0.2) is 0 Å². The molecule has 4 heteroatoms. The van der Waals surface area contributed by atoms with Crippen molar-refractivity contribution in [2.24, 2.45) is 11.7 Å². The summed E-state index contributed by atoms with van der Waals surface area (Å²) in [4.78, 5) is 16.8. The number of hydrogen-bond acceptors (Lipinski definition) is 3. The summed E-state index contributed by atoms with van der Waals surface area (Å²) in [6.07, 6.45) is 3.01. The molecule has 0 radical (unpaired) electrons. The number of likely N-dealkylation sites (N-methyl/N-ethyl adjacent to an activating group) is 1. The van der Waals surface area contributed by atoms with E-state index in [1.165, 1.54) is 0 Å². The largest absolute Gasteiger partial charge is 0.339 e. The van der Waals surface area contributed by atoms with Crippen molar-refractivity contribution in [2.45, 2.75) is 65.1 Å². The third-order valence-corrected chi connectivity index (χ3v) is 4.39. The Morgan fingerprint density at radius 2 is 1.74 bits per heavy atom. The van der Waals surface area contributed by atoms with Gasteiger partial charge in [-0.05, 0) is 40.7 Å². The predicted octanol–water partition coefficient (Wildman–Crippen LogP) is 1.69. The first-order valence-corrected chi connectivity index (χ1v) is 7.59. The van der Waals surface area contributed by atoms with Gasteiger partial charge in [0.2, 0.25) is 5.91 Å². The Kier molecular flexibility index (Phi) is 6.27. The van der Waals surface area contributed by atoms with Crippen molar-refractivity contribution in [3.63, 3.8) is 0 Å². The van der Waals surface area contributed by atoms with Crippen molar-refractivity contribution in [1.29, 1.82) is 0 Å². The SMILES string of the molecule is CC(N)CCCC(C)C(=O)N1CC(C)N(C)C(C)C1. The summed E-state index contributed by atoms with van der Waals surface area (Å²) in [6, 6.07) is 1.14. The number of amides is 1. The van der Waals surface area contributed by atoms with Crippen molar-refractivity contribution in [3.8, 4) is 0 Å². The molecule has 1 fully saturated rings. The lowest BCUT2D eigenvalue weighted by Gasteiger charge is -2.43. The van der Waals surface area contributed by atoms with E-state index in [0.717, 1.165) is 32.4 Å². The lowest BCUT2D eigenvalue weighted by molar-refractivity contribution is -0.139. The quantitative estimate of drug-likeness (QED) is 0.826. The Hall–Kier alpha value is -0.610. The van der Waals surface area contributed by atoms with Gasteiger partial charge in [0.05, 0.1) is 0 Å². The maximum atomic E-state index is 12.4. The van der Waals surface area contributed by atoms with E-state index < -0.39 is 0 Å². The molecule has 0 aromatic carbocycles.